The first kappa shape index (κ1) is 26.5. The van der Waals surface area contributed by atoms with Crippen LogP contribution in [-0.2, 0) is 17.6 Å². The molecule has 6 rings (SSSR count). The summed E-state index contributed by atoms with van der Waals surface area (Å²) in [6.07, 6.45) is 5.51. The number of benzene rings is 2. The van der Waals surface area contributed by atoms with Crippen molar-refractivity contribution in [3.05, 3.63) is 70.6 Å². The number of likely N-dealkylation sites (N-methyl/N-ethyl adjacent to an activating group) is 1. The van der Waals surface area contributed by atoms with Gasteiger partial charge >= 0.3 is 6.03 Å². The van der Waals surface area contributed by atoms with Gasteiger partial charge in [0.15, 0.2) is 0 Å². The number of hydrogen-bond acceptors (Lipinski definition) is 6. The van der Waals surface area contributed by atoms with E-state index in [0.29, 0.717) is 30.5 Å². The summed E-state index contributed by atoms with van der Waals surface area (Å²) in [6, 6.07) is 13.8. The number of anilines is 1. The molecule has 3 aromatic rings. The highest BCUT2D eigenvalue weighted by Crippen LogP contribution is 2.30. The van der Waals surface area contributed by atoms with Crippen molar-refractivity contribution in [2.45, 2.75) is 38.1 Å². The van der Waals surface area contributed by atoms with Crippen LogP contribution in [0.4, 0.5) is 10.5 Å². The van der Waals surface area contributed by atoms with E-state index in [4.69, 9.17) is 16.0 Å². The van der Waals surface area contributed by atoms with E-state index in [2.05, 4.69) is 39.6 Å². The van der Waals surface area contributed by atoms with Gasteiger partial charge < -0.3 is 24.4 Å². The van der Waals surface area contributed by atoms with Gasteiger partial charge in [0.05, 0.1) is 0 Å². The maximum Gasteiger partial charge on any atom is 0.322 e. The van der Waals surface area contributed by atoms with Crippen LogP contribution in [0.3, 0.4) is 0 Å². The first-order valence-corrected chi connectivity index (χ1v) is 14.3. The van der Waals surface area contributed by atoms with E-state index in [1.165, 1.54) is 5.57 Å². The molecule has 9 nitrogen and oxygen atoms in total. The number of amides is 3. The fraction of sp³-hybridized carbons (Fsp3) is 0.400. The number of fused-ring (bicyclic) bond motifs is 1. The van der Waals surface area contributed by atoms with Gasteiger partial charge in [-0.2, -0.15) is 0 Å². The summed E-state index contributed by atoms with van der Waals surface area (Å²) in [7, 11) is 2.10. The van der Waals surface area contributed by atoms with Crippen LogP contribution in [0.2, 0.25) is 5.02 Å². The van der Waals surface area contributed by atoms with E-state index in [1.807, 2.05) is 46.2 Å². The number of nitrogens with zero attached hydrogens (tertiary/aromatic N) is 5. The van der Waals surface area contributed by atoms with Gasteiger partial charge in [0.1, 0.15) is 6.42 Å². The molecule has 0 atom stereocenters. The molecule has 4 heterocycles. The molecule has 0 aliphatic carbocycles. The average Bonchev–Trinajstić information content (AvgIpc) is 3.35. The number of rotatable bonds is 5. The van der Waals surface area contributed by atoms with Gasteiger partial charge in [-0.05, 0) is 73.7 Å². The number of para-hydroxylation sites is 1. The fourth-order valence-electron chi connectivity index (χ4n) is 5.78. The number of piperidine rings is 1. The highest BCUT2D eigenvalue weighted by molar-refractivity contribution is 6.31. The zero-order valence-electron chi connectivity index (χ0n) is 22.6. The quantitative estimate of drug-likeness (QED) is 0.485. The molecular weight excluding hydrogens is 528 g/mol. The molecule has 3 aliphatic heterocycles. The van der Waals surface area contributed by atoms with Crippen molar-refractivity contribution in [1.29, 1.82) is 0 Å². The third-order valence-electron chi connectivity index (χ3n) is 8.10. The Kier molecular flexibility index (Phi) is 7.58. The molecule has 3 amide bonds. The Balaban J connectivity index is 1.06. The SMILES string of the molecule is CN1CC=C(c2cc(Cl)cc(-c3nnc(CC(=O)N4CCC(N5CCc6ccccc6NC5=O)CC4)o3)c2)CC1. The van der Waals surface area contributed by atoms with Crippen LogP contribution in [0.1, 0.15) is 36.3 Å². The van der Waals surface area contributed by atoms with E-state index in [1.54, 1.807) is 0 Å². The maximum atomic E-state index is 13.1. The van der Waals surface area contributed by atoms with E-state index in [9.17, 15) is 9.59 Å². The van der Waals surface area contributed by atoms with Crippen LogP contribution in [0.25, 0.3) is 17.0 Å². The zero-order chi connectivity index (χ0) is 27.6. The number of hydrogen-bond donors (Lipinski definition) is 1. The second-order valence-corrected chi connectivity index (χ2v) is 11.2. The Bertz CT molecular complexity index is 1440. The van der Waals surface area contributed by atoms with E-state index >= 15 is 0 Å². The number of urea groups is 1. The Morgan fingerprint density at radius 3 is 2.65 bits per heavy atom. The number of carbonyl (C=O) groups excluding carboxylic acids is 2. The third-order valence-corrected chi connectivity index (χ3v) is 8.32. The zero-order valence-corrected chi connectivity index (χ0v) is 23.4. The number of carbonyl (C=O) groups is 2. The van der Waals surface area contributed by atoms with Crippen molar-refractivity contribution in [2.24, 2.45) is 0 Å². The van der Waals surface area contributed by atoms with Gasteiger partial charge in [-0.3, -0.25) is 4.79 Å². The van der Waals surface area contributed by atoms with Crippen molar-refractivity contribution in [3.63, 3.8) is 0 Å². The number of aromatic nitrogens is 2. The summed E-state index contributed by atoms with van der Waals surface area (Å²) in [6.45, 7) is 3.75. The van der Waals surface area contributed by atoms with Gasteiger partial charge in [-0.1, -0.05) is 35.9 Å². The molecular formula is C30H33ClN6O3. The lowest BCUT2D eigenvalue weighted by atomic mass is 9.98. The minimum absolute atomic E-state index is 0.0437. The Hall–Kier alpha value is -3.69. The van der Waals surface area contributed by atoms with Crippen molar-refractivity contribution >= 4 is 34.8 Å². The second-order valence-electron chi connectivity index (χ2n) is 10.8. The highest BCUT2D eigenvalue weighted by Gasteiger charge is 2.31. The third kappa shape index (κ3) is 5.76. The maximum absolute atomic E-state index is 13.1. The molecule has 1 saturated heterocycles. The molecule has 1 fully saturated rings. The minimum Gasteiger partial charge on any atom is -0.420 e. The van der Waals surface area contributed by atoms with Crippen LogP contribution in [0, 0.1) is 0 Å². The monoisotopic (exact) mass is 560 g/mol. The molecule has 0 unspecified atom stereocenters. The molecule has 1 aromatic heterocycles. The highest BCUT2D eigenvalue weighted by atomic mass is 35.5. The largest absolute Gasteiger partial charge is 0.420 e. The summed E-state index contributed by atoms with van der Waals surface area (Å²) < 4.78 is 5.90. The van der Waals surface area contributed by atoms with Gasteiger partial charge in [0.25, 0.3) is 0 Å². The lowest BCUT2D eigenvalue weighted by Gasteiger charge is -2.37. The van der Waals surface area contributed by atoms with Crippen LogP contribution in [0.5, 0.6) is 0 Å². The summed E-state index contributed by atoms with van der Waals surface area (Å²) in [5.74, 6) is 0.586. The molecule has 3 aliphatic rings. The van der Waals surface area contributed by atoms with Crippen LogP contribution in [-0.4, -0.2) is 82.6 Å². The fourth-order valence-corrected chi connectivity index (χ4v) is 6.01. The summed E-state index contributed by atoms with van der Waals surface area (Å²) in [5.41, 5.74) is 5.08. The second kappa shape index (κ2) is 11.4. The van der Waals surface area contributed by atoms with Crippen molar-refractivity contribution in [2.75, 3.05) is 45.1 Å². The Labute approximate surface area is 238 Å². The van der Waals surface area contributed by atoms with Crippen molar-refractivity contribution < 1.29 is 14.0 Å². The normalized spacial score (nSPS) is 18.6. The molecule has 1 N–H and O–H groups in total. The minimum atomic E-state index is -0.0654. The molecule has 0 spiro atoms. The first-order chi connectivity index (χ1) is 19.4. The van der Waals surface area contributed by atoms with Crippen LogP contribution < -0.4 is 5.32 Å². The smallest absolute Gasteiger partial charge is 0.322 e. The van der Waals surface area contributed by atoms with Crippen LogP contribution in [0.15, 0.2) is 53.0 Å². The van der Waals surface area contributed by atoms with E-state index < -0.39 is 0 Å². The summed E-state index contributed by atoms with van der Waals surface area (Å²) in [5, 5.41) is 12.0. The molecule has 2 aromatic carbocycles. The van der Waals surface area contributed by atoms with Crippen molar-refractivity contribution in [3.8, 4) is 11.5 Å². The Morgan fingerprint density at radius 2 is 1.85 bits per heavy atom. The van der Waals surface area contributed by atoms with Gasteiger partial charge in [0.2, 0.25) is 17.7 Å². The van der Waals surface area contributed by atoms with Crippen LogP contribution >= 0.6 is 11.6 Å². The predicted octanol–water partition coefficient (Wildman–Crippen LogP) is 4.73. The van der Waals surface area contributed by atoms with E-state index in [0.717, 1.165) is 61.2 Å². The number of nitrogens with one attached hydrogen (secondary N) is 1. The molecule has 0 radical (unpaired) electrons. The van der Waals surface area contributed by atoms with Gasteiger partial charge in [-0.25, -0.2) is 4.79 Å². The molecule has 40 heavy (non-hydrogen) atoms. The molecule has 0 bridgehead atoms. The van der Waals surface area contributed by atoms with Gasteiger partial charge in [0, 0.05) is 55.0 Å². The molecule has 0 saturated carbocycles. The first-order valence-electron chi connectivity index (χ1n) is 13.9. The Morgan fingerprint density at radius 1 is 1.05 bits per heavy atom. The van der Waals surface area contributed by atoms with Crippen molar-refractivity contribution in [1.82, 2.24) is 24.9 Å². The molecule has 208 valence electrons. The summed E-state index contributed by atoms with van der Waals surface area (Å²) in [4.78, 5) is 32.0. The number of halogens is 1. The average molecular weight is 561 g/mol. The lowest BCUT2D eigenvalue weighted by molar-refractivity contribution is -0.132. The number of likely N-dealkylation sites (tertiary alicyclic amines) is 1. The predicted molar refractivity (Wildman–Crippen MR) is 154 cm³/mol. The topological polar surface area (TPSA) is 94.8 Å². The molecule has 10 heteroatoms. The van der Waals surface area contributed by atoms with Gasteiger partial charge in [-0.15, -0.1) is 10.2 Å². The lowest BCUT2D eigenvalue weighted by Crippen LogP contribution is -2.50. The standard InChI is InChI=1S/C30H33ClN6O3/c1-35-11-6-20(7-12-35)22-16-23(18-24(31)17-22)29-34-33-27(40-29)19-28(38)36-13-9-25(10-14-36)37-15-8-21-4-2-3-5-26(21)32-30(37)39/h2-6,16-18,25H,7-15,19H2,1H3,(H,32,39). The summed E-state index contributed by atoms with van der Waals surface area (Å²) >= 11 is 6.43. The van der Waals surface area contributed by atoms with E-state index in [-0.39, 0.29) is 30.3 Å².